The molecule has 1 N–H and O–H groups in total. The summed E-state index contributed by atoms with van der Waals surface area (Å²) in [5.41, 5.74) is 1.66. The van der Waals surface area contributed by atoms with Crippen LogP contribution in [0.15, 0.2) is 42.6 Å². The number of hydrogen-bond donors (Lipinski definition) is 1. The Morgan fingerprint density at radius 1 is 1.26 bits per heavy atom. The van der Waals surface area contributed by atoms with E-state index >= 15 is 0 Å². The molecule has 2 rings (SSSR count). The van der Waals surface area contributed by atoms with E-state index in [0.717, 1.165) is 5.56 Å². The molecule has 4 nitrogen and oxygen atoms in total. The van der Waals surface area contributed by atoms with Crippen molar-refractivity contribution in [1.29, 1.82) is 5.26 Å². The Labute approximate surface area is 115 Å². The van der Waals surface area contributed by atoms with Crippen molar-refractivity contribution in [3.63, 3.8) is 0 Å². The van der Waals surface area contributed by atoms with Crippen LogP contribution in [0.5, 0.6) is 0 Å². The van der Waals surface area contributed by atoms with E-state index in [-0.39, 0.29) is 11.6 Å². The van der Waals surface area contributed by atoms with Gasteiger partial charge in [-0.2, -0.15) is 5.26 Å². The van der Waals surface area contributed by atoms with Crippen molar-refractivity contribution in [1.82, 2.24) is 10.3 Å². The molecule has 0 unspecified atom stereocenters. The SMILES string of the molecule is N#Cc1ccc(C(=O)NCc2ccc(Cl)cc2)nc1. The number of nitriles is 1. The van der Waals surface area contributed by atoms with Gasteiger partial charge < -0.3 is 5.32 Å². The Morgan fingerprint density at radius 2 is 2.00 bits per heavy atom. The average Bonchev–Trinajstić information content (AvgIpc) is 2.46. The van der Waals surface area contributed by atoms with Crippen molar-refractivity contribution in [2.24, 2.45) is 0 Å². The van der Waals surface area contributed by atoms with Gasteiger partial charge in [-0.15, -0.1) is 0 Å². The normalized spacial score (nSPS) is 9.68. The predicted octanol–water partition coefficient (Wildman–Crippen LogP) is 2.54. The molecule has 0 bridgehead atoms. The van der Waals surface area contributed by atoms with Crippen molar-refractivity contribution >= 4 is 17.5 Å². The highest BCUT2D eigenvalue weighted by Gasteiger charge is 2.06. The number of amides is 1. The van der Waals surface area contributed by atoms with Crippen LogP contribution in [0.1, 0.15) is 21.6 Å². The largest absolute Gasteiger partial charge is 0.347 e. The number of carbonyl (C=O) groups is 1. The maximum absolute atomic E-state index is 11.8. The number of rotatable bonds is 3. The third kappa shape index (κ3) is 3.54. The summed E-state index contributed by atoms with van der Waals surface area (Å²) in [5.74, 6) is -0.278. The molecule has 0 saturated heterocycles. The van der Waals surface area contributed by atoms with Gasteiger partial charge in [0, 0.05) is 17.8 Å². The molecule has 1 aromatic carbocycles. The first-order valence-corrected chi connectivity index (χ1v) is 5.95. The summed E-state index contributed by atoms with van der Waals surface area (Å²) < 4.78 is 0. The van der Waals surface area contributed by atoms with Crippen LogP contribution in [-0.2, 0) is 6.54 Å². The van der Waals surface area contributed by atoms with Crippen LogP contribution in [0.2, 0.25) is 5.02 Å². The molecule has 0 atom stereocenters. The summed E-state index contributed by atoms with van der Waals surface area (Å²) in [5, 5.41) is 12.0. The number of halogens is 1. The van der Waals surface area contributed by atoms with E-state index in [1.807, 2.05) is 18.2 Å². The number of carbonyl (C=O) groups excluding carboxylic acids is 1. The molecule has 0 fully saturated rings. The van der Waals surface area contributed by atoms with Gasteiger partial charge in [0.1, 0.15) is 11.8 Å². The molecule has 94 valence electrons. The number of nitrogens with one attached hydrogen (secondary N) is 1. The number of benzene rings is 1. The number of aromatic nitrogens is 1. The molecule has 0 saturated carbocycles. The van der Waals surface area contributed by atoms with Gasteiger partial charge in [-0.05, 0) is 29.8 Å². The topological polar surface area (TPSA) is 65.8 Å². The van der Waals surface area contributed by atoms with Crippen LogP contribution in [0.4, 0.5) is 0 Å². The molecule has 0 aliphatic carbocycles. The summed E-state index contributed by atoms with van der Waals surface area (Å²) in [7, 11) is 0. The highest BCUT2D eigenvalue weighted by Crippen LogP contribution is 2.09. The molecule has 1 amide bonds. The average molecular weight is 272 g/mol. The lowest BCUT2D eigenvalue weighted by Gasteiger charge is -2.05. The minimum absolute atomic E-state index is 0.278. The van der Waals surface area contributed by atoms with E-state index in [9.17, 15) is 4.79 Å². The quantitative estimate of drug-likeness (QED) is 0.933. The van der Waals surface area contributed by atoms with Gasteiger partial charge in [0.05, 0.1) is 5.56 Å². The van der Waals surface area contributed by atoms with Gasteiger partial charge in [-0.3, -0.25) is 4.79 Å². The van der Waals surface area contributed by atoms with E-state index in [4.69, 9.17) is 16.9 Å². The third-order valence-corrected chi connectivity index (χ3v) is 2.74. The Kier molecular flexibility index (Phi) is 4.11. The smallest absolute Gasteiger partial charge is 0.270 e. The molecular formula is C14H10ClN3O. The number of nitrogens with zero attached hydrogens (tertiary/aromatic N) is 2. The first-order valence-electron chi connectivity index (χ1n) is 5.58. The lowest BCUT2D eigenvalue weighted by Crippen LogP contribution is -2.23. The first kappa shape index (κ1) is 13.1. The second-order valence-corrected chi connectivity index (χ2v) is 4.29. The Hall–Kier alpha value is -2.38. The predicted molar refractivity (Wildman–Crippen MR) is 71.6 cm³/mol. The van der Waals surface area contributed by atoms with Crippen LogP contribution in [0.3, 0.4) is 0 Å². The highest BCUT2D eigenvalue weighted by molar-refractivity contribution is 6.30. The maximum Gasteiger partial charge on any atom is 0.270 e. The van der Waals surface area contributed by atoms with Crippen molar-refractivity contribution < 1.29 is 4.79 Å². The summed E-state index contributed by atoms with van der Waals surface area (Å²) >= 11 is 5.78. The fourth-order valence-corrected chi connectivity index (χ4v) is 1.60. The van der Waals surface area contributed by atoms with Gasteiger partial charge >= 0.3 is 0 Å². The summed E-state index contributed by atoms with van der Waals surface area (Å²) in [6.45, 7) is 0.400. The monoisotopic (exact) mass is 271 g/mol. The minimum atomic E-state index is -0.278. The second-order valence-electron chi connectivity index (χ2n) is 3.85. The summed E-state index contributed by atoms with van der Waals surface area (Å²) in [4.78, 5) is 15.7. The lowest BCUT2D eigenvalue weighted by atomic mass is 10.2. The van der Waals surface area contributed by atoms with Crippen molar-refractivity contribution in [2.75, 3.05) is 0 Å². The number of pyridine rings is 1. The lowest BCUT2D eigenvalue weighted by molar-refractivity contribution is 0.0946. The molecule has 19 heavy (non-hydrogen) atoms. The minimum Gasteiger partial charge on any atom is -0.347 e. The molecule has 2 aromatic rings. The van der Waals surface area contributed by atoms with Crippen LogP contribution in [-0.4, -0.2) is 10.9 Å². The van der Waals surface area contributed by atoms with Crippen LogP contribution in [0, 0.1) is 11.3 Å². The Balaban J connectivity index is 1.97. The van der Waals surface area contributed by atoms with E-state index in [1.54, 1.807) is 18.2 Å². The van der Waals surface area contributed by atoms with Gasteiger partial charge in [0.15, 0.2) is 0 Å². The van der Waals surface area contributed by atoms with Gasteiger partial charge in [0.25, 0.3) is 5.91 Å². The molecule has 1 heterocycles. The van der Waals surface area contributed by atoms with E-state index in [1.165, 1.54) is 12.3 Å². The van der Waals surface area contributed by atoms with Crippen LogP contribution >= 0.6 is 11.6 Å². The molecular weight excluding hydrogens is 262 g/mol. The van der Waals surface area contributed by atoms with Crippen molar-refractivity contribution in [3.05, 3.63) is 64.4 Å². The molecule has 0 radical (unpaired) electrons. The van der Waals surface area contributed by atoms with Crippen molar-refractivity contribution in [3.8, 4) is 6.07 Å². The van der Waals surface area contributed by atoms with Crippen molar-refractivity contribution in [2.45, 2.75) is 6.54 Å². The Bertz CT molecular complexity index is 615. The third-order valence-electron chi connectivity index (χ3n) is 2.49. The maximum atomic E-state index is 11.8. The van der Waals surface area contributed by atoms with Crippen LogP contribution < -0.4 is 5.32 Å². The van der Waals surface area contributed by atoms with E-state index in [2.05, 4.69) is 10.3 Å². The van der Waals surface area contributed by atoms with Crippen LogP contribution in [0.25, 0.3) is 0 Å². The van der Waals surface area contributed by atoms with Gasteiger partial charge in [0.2, 0.25) is 0 Å². The summed E-state index contributed by atoms with van der Waals surface area (Å²) in [6, 6.07) is 12.3. The fraction of sp³-hybridized carbons (Fsp3) is 0.0714. The zero-order valence-electron chi connectivity index (χ0n) is 9.93. The van der Waals surface area contributed by atoms with Gasteiger partial charge in [-0.25, -0.2) is 4.98 Å². The summed E-state index contributed by atoms with van der Waals surface area (Å²) in [6.07, 6.45) is 1.37. The Morgan fingerprint density at radius 3 is 2.58 bits per heavy atom. The first-order chi connectivity index (χ1) is 9.19. The molecule has 1 aromatic heterocycles. The second kappa shape index (κ2) is 5.98. The van der Waals surface area contributed by atoms with E-state index < -0.39 is 0 Å². The molecule has 0 aliphatic rings. The molecule has 0 aliphatic heterocycles. The zero-order chi connectivity index (χ0) is 13.7. The van der Waals surface area contributed by atoms with E-state index in [0.29, 0.717) is 17.1 Å². The zero-order valence-corrected chi connectivity index (χ0v) is 10.7. The molecule has 5 heteroatoms. The molecule has 0 spiro atoms. The standard InChI is InChI=1S/C14H10ClN3O/c15-12-4-1-10(2-5-12)8-18-14(19)13-6-3-11(7-16)9-17-13/h1-6,9H,8H2,(H,18,19). The highest BCUT2D eigenvalue weighted by atomic mass is 35.5. The fourth-order valence-electron chi connectivity index (χ4n) is 1.47. The van der Waals surface area contributed by atoms with Gasteiger partial charge in [-0.1, -0.05) is 23.7 Å². The number of hydrogen-bond acceptors (Lipinski definition) is 3.